The fourth-order valence-corrected chi connectivity index (χ4v) is 1.83. The summed E-state index contributed by atoms with van der Waals surface area (Å²) in [6, 6.07) is 10.9. The molecule has 0 saturated heterocycles. The molecule has 0 bridgehead atoms. The number of carbonyl (C=O) groups is 1. The van der Waals surface area contributed by atoms with Crippen LogP contribution < -0.4 is 10.6 Å². The maximum absolute atomic E-state index is 11.6. The molecule has 2 aromatic rings. The summed E-state index contributed by atoms with van der Waals surface area (Å²) in [4.78, 5) is 15.6. The molecule has 0 atom stereocenters. The number of nitrogens with zero attached hydrogens (tertiary/aromatic N) is 1. The van der Waals surface area contributed by atoms with Crippen LogP contribution in [0.4, 0.5) is 10.5 Å². The van der Waals surface area contributed by atoms with E-state index in [1.807, 2.05) is 36.4 Å². The number of amides is 2. The van der Waals surface area contributed by atoms with Crippen molar-refractivity contribution in [2.24, 2.45) is 0 Å². The third-order valence-corrected chi connectivity index (χ3v) is 2.75. The van der Waals surface area contributed by atoms with E-state index in [2.05, 4.69) is 31.5 Å². The van der Waals surface area contributed by atoms with Crippen LogP contribution in [0.3, 0.4) is 0 Å². The summed E-state index contributed by atoms with van der Waals surface area (Å²) >= 11 is 3.35. The minimum Gasteiger partial charge on any atom is -0.334 e. The van der Waals surface area contributed by atoms with Gasteiger partial charge in [0.1, 0.15) is 0 Å². The second-order valence-corrected chi connectivity index (χ2v) is 4.59. The number of anilines is 1. The Morgan fingerprint density at radius 3 is 2.89 bits per heavy atom. The average molecular weight is 306 g/mol. The van der Waals surface area contributed by atoms with Gasteiger partial charge in [0.25, 0.3) is 0 Å². The molecule has 2 rings (SSSR count). The Balaban J connectivity index is 1.86. The van der Waals surface area contributed by atoms with E-state index in [1.54, 1.807) is 12.4 Å². The fourth-order valence-electron chi connectivity index (χ4n) is 1.43. The van der Waals surface area contributed by atoms with Crippen molar-refractivity contribution >= 4 is 27.6 Å². The number of hydrogen-bond acceptors (Lipinski definition) is 2. The molecule has 0 spiro atoms. The number of aromatic nitrogens is 1. The fraction of sp³-hybridized carbons (Fsp3) is 0.0769. The van der Waals surface area contributed by atoms with Crippen LogP contribution in [-0.2, 0) is 6.54 Å². The monoisotopic (exact) mass is 305 g/mol. The van der Waals surface area contributed by atoms with Crippen molar-refractivity contribution in [2.45, 2.75) is 6.54 Å². The van der Waals surface area contributed by atoms with Crippen LogP contribution in [0.2, 0.25) is 0 Å². The summed E-state index contributed by atoms with van der Waals surface area (Å²) in [5.41, 5.74) is 1.70. The van der Waals surface area contributed by atoms with Crippen molar-refractivity contribution in [2.75, 3.05) is 5.32 Å². The first-order chi connectivity index (χ1) is 8.74. The number of rotatable bonds is 3. The second-order valence-electron chi connectivity index (χ2n) is 3.68. The molecule has 2 amide bonds. The third-order valence-electron chi connectivity index (χ3n) is 2.26. The summed E-state index contributed by atoms with van der Waals surface area (Å²) in [7, 11) is 0. The standard InChI is InChI=1S/C13H12BrN3O/c14-11-4-1-5-12(7-11)17-13(18)16-9-10-3-2-6-15-8-10/h1-8H,9H2,(H2,16,17,18). The van der Waals surface area contributed by atoms with E-state index in [0.29, 0.717) is 6.54 Å². The number of hydrogen-bond donors (Lipinski definition) is 2. The lowest BCUT2D eigenvalue weighted by Crippen LogP contribution is -2.28. The Morgan fingerprint density at radius 1 is 1.28 bits per heavy atom. The number of halogens is 1. The van der Waals surface area contributed by atoms with Crippen LogP contribution in [0.15, 0.2) is 53.3 Å². The van der Waals surface area contributed by atoms with Crippen LogP contribution in [0.5, 0.6) is 0 Å². The highest BCUT2D eigenvalue weighted by atomic mass is 79.9. The Kier molecular flexibility index (Phi) is 4.30. The molecule has 2 N–H and O–H groups in total. The SMILES string of the molecule is O=C(NCc1cccnc1)Nc1cccc(Br)c1. The molecular weight excluding hydrogens is 294 g/mol. The molecule has 1 aromatic heterocycles. The lowest BCUT2D eigenvalue weighted by atomic mass is 10.3. The van der Waals surface area contributed by atoms with Crippen molar-refractivity contribution < 1.29 is 4.79 Å². The van der Waals surface area contributed by atoms with Crippen molar-refractivity contribution in [1.29, 1.82) is 0 Å². The minimum absolute atomic E-state index is 0.239. The first-order valence-corrected chi connectivity index (χ1v) is 6.22. The van der Waals surface area contributed by atoms with Gasteiger partial charge in [0.15, 0.2) is 0 Å². The zero-order valence-electron chi connectivity index (χ0n) is 9.56. The van der Waals surface area contributed by atoms with E-state index >= 15 is 0 Å². The molecule has 0 aliphatic heterocycles. The van der Waals surface area contributed by atoms with E-state index < -0.39 is 0 Å². The predicted octanol–water partition coefficient (Wildman–Crippen LogP) is 3.17. The zero-order chi connectivity index (χ0) is 12.8. The van der Waals surface area contributed by atoms with E-state index in [4.69, 9.17) is 0 Å². The zero-order valence-corrected chi connectivity index (χ0v) is 11.1. The maximum Gasteiger partial charge on any atom is 0.319 e. The van der Waals surface area contributed by atoms with E-state index in [-0.39, 0.29) is 6.03 Å². The Labute approximate surface area is 114 Å². The van der Waals surface area contributed by atoms with Gasteiger partial charge < -0.3 is 10.6 Å². The predicted molar refractivity (Wildman–Crippen MR) is 74.2 cm³/mol. The third kappa shape index (κ3) is 3.85. The van der Waals surface area contributed by atoms with Crippen LogP contribution in [0.1, 0.15) is 5.56 Å². The van der Waals surface area contributed by atoms with Crippen LogP contribution in [0.25, 0.3) is 0 Å². The summed E-state index contributed by atoms with van der Waals surface area (Å²) in [6.07, 6.45) is 3.42. The first-order valence-electron chi connectivity index (χ1n) is 5.43. The molecule has 0 aliphatic carbocycles. The minimum atomic E-state index is -0.239. The second kappa shape index (κ2) is 6.16. The largest absolute Gasteiger partial charge is 0.334 e. The molecule has 18 heavy (non-hydrogen) atoms. The van der Waals surface area contributed by atoms with Gasteiger partial charge in [-0.2, -0.15) is 0 Å². The Morgan fingerprint density at radius 2 is 2.17 bits per heavy atom. The summed E-state index contributed by atoms with van der Waals surface area (Å²) in [6.45, 7) is 0.452. The van der Waals surface area contributed by atoms with Gasteiger partial charge in [-0.3, -0.25) is 4.98 Å². The van der Waals surface area contributed by atoms with Gasteiger partial charge in [-0.25, -0.2) is 4.79 Å². The molecule has 0 radical (unpaired) electrons. The van der Waals surface area contributed by atoms with Crippen molar-refractivity contribution in [3.63, 3.8) is 0 Å². The highest BCUT2D eigenvalue weighted by Crippen LogP contribution is 2.15. The molecular formula is C13H12BrN3O. The highest BCUT2D eigenvalue weighted by Gasteiger charge is 2.01. The highest BCUT2D eigenvalue weighted by molar-refractivity contribution is 9.10. The summed E-state index contributed by atoms with van der Waals surface area (Å²) in [5, 5.41) is 5.51. The Bertz CT molecular complexity index is 531. The maximum atomic E-state index is 11.6. The molecule has 5 heteroatoms. The normalized spacial score (nSPS) is 9.83. The smallest absolute Gasteiger partial charge is 0.319 e. The summed E-state index contributed by atoms with van der Waals surface area (Å²) in [5.74, 6) is 0. The number of nitrogens with one attached hydrogen (secondary N) is 2. The molecule has 1 aromatic carbocycles. The van der Waals surface area contributed by atoms with E-state index in [9.17, 15) is 4.79 Å². The quantitative estimate of drug-likeness (QED) is 0.915. The van der Waals surface area contributed by atoms with Gasteiger partial charge in [-0.05, 0) is 29.8 Å². The number of urea groups is 1. The molecule has 92 valence electrons. The van der Waals surface area contributed by atoms with E-state index in [0.717, 1.165) is 15.7 Å². The van der Waals surface area contributed by atoms with Crippen LogP contribution in [0, 0.1) is 0 Å². The lowest BCUT2D eigenvalue weighted by Gasteiger charge is -2.07. The van der Waals surface area contributed by atoms with Crippen LogP contribution in [-0.4, -0.2) is 11.0 Å². The molecule has 4 nitrogen and oxygen atoms in total. The van der Waals surface area contributed by atoms with Gasteiger partial charge in [0, 0.05) is 29.1 Å². The van der Waals surface area contributed by atoms with Gasteiger partial charge >= 0.3 is 6.03 Å². The van der Waals surface area contributed by atoms with Crippen molar-refractivity contribution in [3.8, 4) is 0 Å². The van der Waals surface area contributed by atoms with Gasteiger partial charge in [-0.15, -0.1) is 0 Å². The molecule has 0 saturated carbocycles. The van der Waals surface area contributed by atoms with Crippen molar-refractivity contribution in [3.05, 3.63) is 58.8 Å². The molecule has 0 aliphatic rings. The number of benzene rings is 1. The Hall–Kier alpha value is -1.88. The first kappa shape index (κ1) is 12.6. The van der Waals surface area contributed by atoms with E-state index in [1.165, 1.54) is 0 Å². The molecule has 0 fully saturated rings. The van der Waals surface area contributed by atoms with Gasteiger partial charge in [0.2, 0.25) is 0 Å². The van der Waals surface area contributed by atoms with Gasteiger partial charge in [0.05, 0.1) is 0 Å². The average Bonchev–Trinajstić information content (AvgIpc) is 2.38. The van der Waals surface area contributed by atoms with Gasteiger partial charge in [-0.1, -0.05) is 28.1 Å². The lowest BCUT2D eigenvalue weighted by molar-refractivity contribution is 0.251. The molecule has 1 heterocycles. The number of carbonyl (C=O) groups excluding carboxylic acids is 1. The topological polar surface area (TPSA) is 54.0 Å². The van der Waals surface area contributed by atoms with Crippen LogP contribution >= 0.6 is 15.9 Å². The molecule has 0 unspecified atom stereocenters. The number of pyridine rings is 1. The summed E-state index contributed by atoms with van der Waals surface area (Å²) < 4.78 is 0.924. The van der Waals surface area contributed by atoms with Crippen molar-refractivity contribution in [1.82, 2.24) is 10.3 Å².